The number of nitrogens with zero attached hydrogens (tertiary/aromatic N) is 1. The number of hydrazone groups is 1. The van der Waals surface area contributed by atoms with Crippen LogP contribution in [0.5, 0.6) is 17.2 Å². The normalized spacial score (nSPS) is 11.3. The van der Waals surface area contributed by atoms with Gasteiger partial charge in [-0.05, 0) is 30.3 Å². The lowest BCUT2D eigenvalue weighted by atomic mass is 10.2. The Labute approximate surface area is 158 Å². The van der Waals surface area contributed by atoms with Gasteiger partial charge in [-0.25, -0.2) is 5.43 Å². The van der Waals surface area contributed by atoms with Crippen LogP contribution in [0.4, 0.5) is 18.9 Å². The standard InChI is InChI=1S/C18H18F3N3O4/c1-27-14-6-11(7-15(28-2)17(14)26)9-23-24-16(25)10-22-13-5-3-4-12(8-13)18(19,20)21/h3-9,22,26H,10H2,1-2H3,(H,24,25). The van der Waals surface area contributed by atoms with Gasteiger partial charge in [0, 0.05) is 11.3 Å². The summed E-state index contributed by atoms with van der Waals surface area (Å²) in [6.45, 7) is -0.277. The van der Waals surface area contributed by atoms with Crippen molar-refractivity contribution in [3.8, 4) is 17.2 Å². The van der Waals surface area contributed by atoms with Crippen LogP contribution in [-0.2, 0) is 11.0 Å². The predicted octanol–water partition coefficient (Wildman–Crippen LogP) is 2.99. The Balaban J connectivity index is 1.94. The fourth-order valence-corrected chi connectivity index (χ4v) is 2.19. The molecule has 0 aliphatic rings. The molecule has 0 radical (unpaired) electrons. The van der Waals surface area contributed by atoms with Crippen LogP contribution >= 0.6 is 0 Å². The van der Waals surface area contributed by atoms with Gasteiger partial charge in [-0.3, -0.25) is 4.79 Å². The molecular formula is C18H18F3N3O4. The highest BCUT2D eigenvalue weighted by Crippen LogP contribution is 2.36. The number of methoxy groups -OCH3 is 2. The third-order valence-corrected chi connectivity index (χ3v) is 3.55. The molecule has 150 valence electrons. The summed E-state index contributed by atoms with van der Waals surface area (Å²) in [7, 11) is 2.74. The third kappa shape index (κ3) is 5.53. The number of benzene rings is 2. The van der Waals surface area contributed by atoms with E-state index in [9.17, 15) is 23.1 Å². The minimum Gasteiger partial charge on any atom is -0.502 e. The zero-order valence-corrected chi connectivity index (χ0v) is 15.0. The molecule has 0 fully saturated rings. The van der Waals surface area contributed by atoms with E-state index >= 15 is 0 Å². The number of phenols is 1. The van der Waals surface area contributed by atoms with Crippen LogP contribution in [-0.4, -0.2) is 38.0 Å². The van der Waals surface area contributed by atoms with Crippen LogP contribution in [0.1, 0.15) is 11.1 Å². The van der Waals surface area contributed by atoms with E-state index in [-0.39, 0.29) is 29.5 Å². The Morgan fingerprint density at radius 1 is 1.18 bits per heavy atom. The quantitative estimate of drug-likeness (QED) is 0.494. The van der Waals surface area contributed by atoms with E-state index in [1.807, 2.05) is 0 Å². The number of phenolic OH excluding ortho intramolecular Hbond substituents is 1. The highest BCUT2D eigenvalue weighted by Gasteiger charge is 2.30. The number of alkyl halides is 3. The lowest BCUT2D eigenvalue weighted by Crippen LogP contribution is -2.26. The number of hydrogen-bond donors (Lipinski definition) is 3. The number of amides is 1. The molecule has 7 nitrogen and oxygen atoms in total. The smallest absolute Gasteiger partial charge is 0.416 e. The van der Waals surface area contributed by atoms with Crippen LogP contribution in [0.25, 0.3) is 0 Å². The largest absolute Gasteiger partial charge is 0.502 e. The first-order valence-corrected chi connectivity index (χ1v) is 7.92. The highest BCUT2D eigenvalue weighted by atomic mass is 19.4. The van der Waals surface area contributed by atoms with Crippen molar-refractivity contribution in [1.29, 1.82) is 0 Å². The van der Waals surface area contributed by atoms with E-state index in [2.05, 4.69) is 15.8 Å². The Bertz CT molecular complexity index is 844. The SMILES string of the molecule is COc1cc(C=NNC(=O)CNc2cccc(C(F)(F)F)c2)cc(OC)c1O. The van der Waals surface area contributed by atoms with Gasteiger partial charge in [0.1, 0.15) is 0 Å². The van der Waals surface area contributed by atoms with Crippen molar-refractivity contribution < 1.29 is 32.5 Å². The minimum absolute atomic E-state index is 0.155. The molecule has 28 heavy (non-hydrogen) atoms. The van der Waals surface area contributed by atoms with Crippen LogP contribution in [0.3, 0.4) is 0 Å². The zero-order chi connectivity index (χ0) is 20.7. The number of halogens is 3. The summed E-state index contributed by atoms with van der Waals surface area (Å²) in [4.78, 5) is 11.8. The van der Waals surface area contributed by atoms with Crippen LogP contribution in [0.15, 0.2) is 41.5 Å². The molecule has 2 rings (SSSR count). The molecule has 0 saturated heterocycles. The second kappa shape index (κ2) is 8.98. The summed E-state index contributed by atoms with van der Waals surface area (Å²) in [6, 6.07) is 7.47. The average Bonchev–Trinajstić information content (AvgIpc) is 2.67. The lowest BCUT2D eigenvalue weighted by Gasteiger charge is -2.10. The Kier molecular flexibility index (Phi) is 6.69. The fourth-order valence-electron chi connectivity index (χ4n) is 2.19. The van der Waals surface area contributed by atoms with Crippen LogP contribution in [0, 0.1) is 0 Å². The van der Waals surface area contributed by atoms with Crippen LogP contribution in [0.2, 0.25) is 0 Å². The van der Waals surface area contributed by atoms with E-state index in [4.69, 9.17) is 9.47 Å². The van der Waals surface area contributed by atoms with Gasteiger partial charge in [-0.1, -0.05) is 6.07 Å². The summed E-state index contributed by atoms with van der Waals surface area (Å²) < 4.78 is 48.0. The van der Waals surface area contributed by atoms with E-state index in [1.54, 1.807) is 0 Å². The Hall–Kier alpha value is -3.43. The van der Waals surface area contributed by atoms with Gasteiger partial charge in [0.15, 0.2) is 11.5 Å². The molecular weight excluding hydrogens is 379 g/mol. The molecule has 2 aromatic carbocycles. The zero-order valence-electron chi connectivity index (χ0n) is 15.0. The molecule has 0 heterocycles. The van der Waals surface area contributed by atoms with E-state index < -0.39 is 17.6 Å². The Morgan fingerprint density at radius 3 is 2.39 bits per heavy atom. The summed E-state index contributed by atoms with van der Waals surface area (Å²) in [6.07, 6.45) is -3.16. The van der Waals surface area contributed by atoms with Crippen molar-refractivity contribution in [2.24, 2.45) is 5.10 Å². The number of ether oxygens (including phenoxy) is 2. The number of rotatable bonds is 7. The number of aromatic hydroxyl groups is 1. The molecule has 10 heteroatoms. The molecule has 0 aromatic heterocycles. The summed E-state index contributed by atoms with van der Waals surface area (Å²) in [5.74, 6) is -0.403. The molecule has 3 N–H and O–H groups in total. The molecule has 0 aliphatic heterocycles. The predicted molar refractivity (Wildman–Crippen MR) is 96.9 cm³/mol. The second-order valence-electron chi connectivity index (χ2n) is 5.50. The second-order valence-corrected chi connectivity index (χ2v) is 5.50. The lowest BCUT2D eigenvalue weighted by molar-refractivity contribution is -0.137. The maximum absolute atomic E-state index is 12.7. The van der Waals surface area contributed by atoms with E-state index in [0.717, 1.165) is 12.1 Å². The van der Waals surface area contributed by atoms with Crippen molar-refractivity contribution in [3.05, 3.63) is 47.5 Å². The first-order valence-electron chi connectivity index (χ1n) is 7.92. The average molecular weight is 397 g/mol. The van der Waals surface area contributed by atoms with Gasteiger partial charge < -0.3 is 19.9 Å². The summed E-state index contributed by atoms with van der Waals surface area (Å²) in [5, 5.41) is 16.2. The first-order chi connectivity index (χ1) is 13.2. The molecule has 0 atom stereocenters. The van der Waals surface area contributed by atoms with Crippen molar-refractivity contribution in [2.45, 2.75) is 6.18 Å². The van der Waals surface area contributed by atoms with Gasteiger partial charge in [0.05, 0.1) is 32.5 Å². The maximum Gasteiger partial charge on any atom is 0.416 e. The summed E-state index contributed by atoms with van der Waals surface area (Å²) in [5.41, 5.74) is 2.06. The third-order valence-electron chi connectivity index (χ3n) is 3.55. The molecule has 0 spiro atoms. The van der Waals surface area contributed by atoms with E-state index in [1.165, 1.54) is 44.7 Å². The molecule has 2 aromatic rings. The van der Waals surface area contributed by atoms with Gasteiger partial charge in [-0.2, -0.15) is 18.3 Å². The topological polar surface area (TPSA) is 92.2 Å². The number of anilines is 1. The van der Waals surface area contributed by atoms with Crippen molar-refractivity contribution in [3.63, 3.8) is 0 Å². The van der Waals surface area contributed by atoms with Gasteiger partial charge >= 0.3 is 6.18 Å². The highest BCUT2D eigenvalue weighted by molar-refractivity contribution is 5.85. The monoisotopic (exact) mass is 397 g/mol. The number of carbonyl (C=O) groups is 1. The first kappa shape index (κ1) is 20.9. The van der Waals surface area contributed by atoms with Crippen molar-refractivity contribution in [1.82, 2.24) is 5.43 Å². The van der Waals surface area contributed by atoms with Gasteiger partial charge in [0.2, 0.25) is 5.75 Å². The van der Waals surface area contributed by atoms with Crippen LogP contribution < -0.4 is 20.2 Å². The maximum atomic E-state index is 12.7. The molecule has 1 amide bonds. The van der Waals surface area contributed by atoms with Gasteiger partial charge in [-0.15, -0.1) is 0 Å². The van der Waals surface area contributed by atoms with E-state index in [0.29, 0.717) is 5.56 Å². The minimum atomic E-state index is -4.46. The number of hydrogen-bond acceptors (Lipinski definition) is 6. The fraction of sp³-hybridized carbons (Fsp3) is 0.222. The van der Waals surface area contributed by atoms with Gasteiger partial charge in [0.25, 0.3) is 5.91 Å². The molecule has 0 unspecified atom stereocenters. The molecule has 0 aliphatic carbocycles. The Morgan fingerprint density at radius 2 is 1.82 bits per heavy atom. The molecule has 0 bridgehead atoms. The number of nitrogens with one attached hydrogen (secondary N) is 2. The number of carbonyl (C=O) groups excluding carboxylic acids is 1. The van der Waals surface area contributed by atoms with Crippen molar-refractivity contribution >= 4 is 17.8 Å². The summed E-state index contributed by atoms with van der Waals surface area (Å²) >= 11 is 0. The van der Waals surface area contributed by atoms with Crippen molar-refractivity contribution in [2.75, 3.05) is 26.1 Å². The molecule has 0 saturated carbocycles.